The smallest absolute Gasteiger partial charge is 0.279 e. The molecule has 0 heterocycles. The molecule has 1 atom stereocenters. The lowest BCUT2D eigenvalue weighted by molar-refractivity contribution is 0.289. The number of hydrogen-bond acceptors (Lipinski definition) is 3. The molecule has 0 bridgehead atoms. The predicted octanol–water partition coefficient (Wildman–Crippen LogP) is 1.07. The van der Waals surface area contributed by atoms with Crippen molar-refractivity contribution in [3.8, 4) is 0 Å². The highest BCUT2D eigenvalue weighted by molar-refractivity contribution is 7.87. The second-order valence-electron chi connectivity index (χ2n) is 4.95. The monoisotopic (exact) mass is 277 g/mol. The molecule has 1 saturated carbocycles. The number of nitrogens with zero attached hydrogens (tertiary/aromatic N) is 1. The molecule has 1 fully saturated rings. The topological polar surface area (TPSA) is 75.4 Å². The number of hydrogen-bond donors (Lipinski definition) is 2. The summed E-state index contributed by atoms with van der Waals surface area (Å²) in [6, 6.07) is -0.115. The van der Waals surface area contributed by atoms with Gasteiger partial charge in [-0.3, -0.25) is 0 Å². The molecule has 0 aromatic heterocycles. The molecule has 1 aliphatic carbocycles. The van der Waals surface area contributed by atoms with Gasteiger partial charge in [-0.15, -0.1) is 0 Å². The van der Waals surface area contributed by atoms with Crippen LogP contribution in [-0.4, -0.2) is 38.4 Å². The van der Waals surface area contributed by atoms with E-state index < -0.39 is 10.2 Å². The van der Waals surface area contributed by atoms with E-state index in [0.29, 0.717) is 25.6 Å². The Morgan fingerprint density at radius 2 is 1.78 bits per heavy atom. The molecule has 0 radical (unpaired) electrons. The largest absolute Gasteiger partial charge is 0.329 e. The van der Waals surface area contributed by atoms with Crippen LogP contribution in [0.1, 0.15) is 46.0 Å². The maximum absolute atomic E-state index is 12.2. The third-order valence-electron chi connectivity index (χ3n) is 3.82. The van der Waals surface area contributed by atoms with E-state index in [2.05, 4.69) is 4.72 Å². The quantitative estimate of drug-likeness (QED) is 0.731. The van der Waals surface area contributed by atoms with Crippen LogP contribution in [0.15, 0.2) is 0 Å². The molecule has 0 amide bonds. The lowest BCUT2D eigenvalue weighted by Gasteiger charge is -2.31. The lowest BCUT2D eigenvalue weighted by atomic mass is 9.84. The SMILES string of the molecule is CCN(CC)S(=O)(=O)NC(CN)C1CCCCC1. The Morgan fingerprint density at radius 3 is 2.22 bits per heavy atom. The van der Waals surface area contributed by atoms with Crippen molar-refractivity contribution in [2.45, 2.75) is 52.0 Å². The average molecular weight is 277 g/mol. The van der Waals surface area contributed by atoms with Gasteiger partial charge in [0.2, 0.25) is 0 Å². The van der Waals surface area contributed by atoms with Gasteiger partial charge in [-0.25, -0.2) is 0 Å². The summed E-state index contributed by atoms with van der Waals surface area (Å²) in [7, 11) is -3.38. The summed E-state index contributed by atoms with van der Waals surface area (Å²) in [6.07, 6.45) is 5.81. The molecule has 18 heavy (non-hydrogen) atoms. The van der Waals surface area contributed by atoms with E-state index in [4.69, 9.17) is 5.73 Å². The molecule has 0 aliphatic heterocycles. The predicted molar refractivity (Wildman–Crippen MR) is 74.4 cm³/mol. The standard InChI is InChI=1S/C12H27N3O2S/c1-3-15(4-2)18(16,17)14-12(10-13)11-8-6-5-7-9-11/h11-12,14H,3-10,13H2,1-2H3. The normalized spacial score (nSPS) is 20.2. The van der Waals surface area contributed by atoms with Crippen LogP contribution in [0.5, 0.6) is 0 Å². The highest BCUT2D eigenvalue weighted by Crippen LogP contribution is 2.26. The van der Waals surface area contributed by atoms with Gasteiger partial charge in [0.25, 0.3) is 10.2 Å². The molecule has 1 aliphatic rings. The van der Waals surface area contributed by atoms with Crippen LogP contribution in [0.3, 0.4) is 0 Å². The first-order valence-electron chi connectivity index (χ1n) is 7.02. The third kappa shape index (κ3) is 4.19. The lowest BCUT2D eigenvalue weighted by Crippen LogP contribution is -2.51. The maximum atomic E-state index is 12.2. The fraction of sp³-hybridized carbons (Fsp3) is 1.00. The second kappa shape index (κ2) is 7.43. The Balaban J connectivity index is 2.66. The van der Waals surface area contributed by atoms with Crippen LogP contribution in [0.2, 0.25) is 0 Å². The van der Waals surface area contributed by atoms with E-state index in [0.717, 1.165) is 12.8 Å². The fourth-order valence-corrected chi connectivity index (χ4v) is 4.20. The van der Waals surface area contributed by atoms with Crippen LogP contribution in [0, 0.1) is 5.92 Å². The summed E-state index contributed by atoms with van der Waals surface area (Å²) in [6.45, 7) is 5.06. The summed E-state index contributed by atoms with van der Waals surface area (Å²) in [5.74, 6) is 0.397. The fourth-order valence-electron chi connectivity index (χ4n) is 2.70. The van der Waals surface area contributed by atoms with Gasteiger partial charge in [-0.1, -0.05) is 33.1 Å². The third-order valence-corrected chi connectivity index (χ3v) is 5.62. The van der Waals surface area contributed by atoms with Gasteiger partial charge in [0.05, 0.1) is 0 Å². The molecule has 0 aromatic carbocycles. The highest BCUT2D eigenvalue weighted by atomic mass is 32.2. The van der Waals surface area contributed by atoms with Crippen molar-refractivity contribution >= 4 is 10.2 Å². The minimum Gasteiger partial charge on any atom is -0.329 e. The van der Waals surface area contributed by atoms with Crippen molar-refractivity contribution in [1.29, 1.82) is 0 Å². The minimum atomic E-state index is -3.38. The zero-order valence-electron chi connectivity index (χ0n) is 11.6. The van der Waals surface area contributed by atoms with Crippen LogP contribution in [-0.2, 0) is 10.2 Å². The molecule has 1 rings (SSSR count). The van der Waals surface area contributed by atoms with E-state index in [1.54, 1.807) is 0 Å². The van der Waals surface area contributed by atoms with E-state index in [1.807, 2.05) is 13.8 Å². The van der Waals surface area contributed by atoms with Crippen molar-refractivity contribution in [3.63, 3.8) is 0 Å². The van der Waals surface area contributed by atoms with Crippen molar-refractivity contribution in [1.82, 2.24) is 9.03 Å². The Bertz CT molecular complexity index is 322. The summed E-state index contributed by atoms with van der Waals surface area (Å²) >= 11 is 0. The van der Waals surface area contributed by atoms with Crippen molar-refractivity contribution in [2.24, 2.45) is 11.7 Å². The summed E-state index contributed by atoms with van der Waals surface area (Å²) in [5.41, 5.74) is 5.75. The number of rotatable bonds is 7. The molecule has 0 spiro atoms. The Hall–Kier alpha value is -0.170. The van der Waals surface area contributed by atoms with E-state index in [-0.39, 0.29) is 6.04 Å². The van der Waals surface area contributed by atoms with Gasteiger partial charge in [0.15, 0.2) is 0 Å². The van der Waals surface area contributed by atoms with Gasteiger partial charge in [-0.2, -0.15) is 17.4 Å². The van der Waals surface area contributed by atoms with E-state index >= 15 is 0 Å². The van der Waals surface area contributed by atoms with Crippen molar-refractivity contribution in [3.05, 3.63) is 0 Å². The Labute approximate surface area is 111 Å². The molecule has 3 N–H and O–H groups in total. The first-order chi connectivity index (χ1) is 8.55. The van der Waals surface area contributed by atoms with Gasteiger partial charge >= 0.3 is 0 Å². The van der Waals surface area contributed by atoms with Gasteiger partial charge < -0.3 is 5.73 Å². The van der Waals surface area contributed by atoms with Crippen LogP contribution >= 0.6 is 0 Å². The van der Waals surface area contributed by atoms with E-state index in [1.165, 1.54) is 23.6 Å². The maximum Gasteiger partial charge on any atom is 0.279 e. The van der Waals surface area contributed by atoms with Crippen LogP contribution in [0.4, 0.5) is 0 Å². The van der Waals surface area contributed by atoms with Crippen molar-refractivity contribution in [2.75, 3.05) is 19.6 Å². The molecule has 1 unspecified atom stereocenters. The van der Waals surface area contributed by atoms with Crippen LogP contribution < -0.4 is 10.5 Å². The Kier molecular flexibility index (Phi) is 6.55. The summed E-state index contributed by atoms with van der Waals surface area (Å²) in [5, 5.41) is 0. The van der Waals surface area contributed by atoms with E-state index in [9.17, 15) is 8.42 Å². The zero-order chi connectivity index (χ0) is 13.6. The van der Waals surface area contributed by atoms with Gasteiger partial charge in [-0.05, 0) is 18.8 Å². The molecule has 0 aromatic rings. The Morgan fingerprint density at radius 1 is 1.22 bits per heavy atom. The highest BCUT2D eigenvalue weighted by Gasteiger charge is 2.28. The molecular weight excluding hydrogens is 250 g/mol. The van der Waals surface area contributed by atoms with Gasteiger partial charge in [0, 0.05) is 25.7 Å². The first-order valence-corrected chi connectivity index (χ1v) is 8.46. The summed E-state index contributed by atoms with van der Waals surface area (Å²) in [4.78, 5) is 0. The molecule has 0 saturated heterocycles. The summed E-state index contributed by atoms with van der Waals surface area (Å²) < 4.78 is 28.6. The van der Waals surface area contributed by atoms with Crippen LogP contribution in [0.25, 0.3) is 0 Å². The molecular formula is C12H27N3O2S. The number of nitrogens with one attached hydrogen (secondary N) is 1. The first kappa shape index (κ1) is 15.9. The molecule has 108 valence electrons. The van der Waals surface area contributed by atoms with Crippen molar-refractivity contribution < 1.29 is 8.42 Å². The average Bonchev–Trinajstić information content (AvgIpc) is 2.38. The molecule has 6 heteroatoms. The zero-order valence-corrected chi connectivity index (χ0v) is 12.4. The number of nitrogens with two attached hydrogens (primary N) is 1. The minimum absolute atomic E-state index is 0.115. The van der Waals surface area contributed by atoms with Gasteiger partial charge in [0.1, 0.15) is 0 Å². The second-order valence-corrected chi connectivity index (χ2v) is 6.65. The molecule has 5 nitrogen and oxygen atoms in total.